The molecule has 1 atom stereocenters. The number of hydrogen-bond donors (Lipinski definition) is 1. The third-order valence-corrected chi connectivity index (χ3v) is 7.70. The number of nitrogens with zero attached hydrogens (tertiary/aromatic N) is 2. The molecular weight excluding hydrogens is 414 g/mol. The molecule has 0 fully saturated rings. The van der Waals surface area contributed by atoms with Crippen LogP contribution < -0.4 is 10.9 Å². The van der Waals surface area contributed by atoms with E-state index in [2.05, 4.69) is 31.3 Å². The Morgan fingerprint density at radius 3 is 2.77 bits per heavy atom. The van der Waals surface area contributed by atoms with Crippen LogP contribution in [-0.2, 0) is 24.7 Å². The summed E-state index contributed by atoms with van der Waals surface area (Å²) >= 11 is 2.96. The van der Waals surface area contributed by atoms with Crippen molar-refractivity contribution in [2.75, 3.05) is 5.75 Å². The lowest BCUT2D eigenvalue weighted by Gasteiger charge is -2.21. The molecule has 1 N–H and O–H groups in total. The minimum atomic E-state index is -0.0440. The molecule has 2 heterocycles. The van der Waals surface area contributed by atoms with Gasteiger partial charge in [0, 0.05) is 11.9 Å². The maximum atomic E-state index is 12.9. The van der Waals surface area contributed by atoms with Gasteiger partial charge in [0.1, 0.15) is 4.83 Å². The standard InChI is InChI=1S/C23H27N3O2S2/c1-14(2)12-17(15-8-5-4-6-9-15)24-19(27)13-29-23-25-21-20(22(28)26(23)3)16-10-7-11-18(16)30-21/h4-6,8-9,14,17H,7,10-13H2,1-3H3,(H,24,27). The van der Waals surface area contributed by atoms with Crippen molar-refractivity contribution < 1.29 is 4.79 Å². The van der Waals surface area contributed by atoms with Crippen LogP contribution in [0.5, 0.6) is 0 Å². The summed E-state index contributed by atoms with van der Waals surface area (Å²) in [7, 11) is 1.75. The van der Waals surface area contributed by atoms with Crippen LogP contribution in [0.2, 0.25) is 0 Å². The van der Waals surface area contributed by atoms with Crippen LogP contribution in [0.3, 0.4) is 0 Å². The summed E-state index contributed by atoms with van der Waals surface area (Å²) in [6.07, 6.45) is 4.01. The van der Waals surface area contributed by atoms with E-state index in [1.54, 1.807) is 23.0 Å². The van der Waals surface area contributed by atoms with Crippen molar-refractivity contribution >= 4 is 39.2 Å². The van der Waals surface area contributed by atoms with Crippen molar-refractivity contribution in [2.45, 2.75) is 50.7 Å². The van der Waals surface area contributed by atoms with Crippen LogP contribution >= 0.6 is 23.1 Å². The monoisotopic (exact) mass is 441 g/mol. The summed E-state index contributed by atoms with van der Waals surface area (Å²) in [5.41, 5.74) is 2.31. The van der Waals surface area contributed by atoms with Gasteiger partial charge in [0.15, 0.2) is 5.16 Å². The predicted molar refractivity (Wildman–Crippen MR) is 124 cm³/mol. The summed E-state index contributed by atoms with van der Waals surface area (Å²) < 4.78 is 1.59. The lowest BCUT2D eigenvalue weighted by atomic mass is 9.97. The Kier molecular flexibility index (Phi) is 6.29. The number of aryl methyl sites for hydroxylation is 2. The number of amides is 1. The van der Waals surface area contributed by atoms with Gasteiger partial charge in [0.05, 0.1) is 17.2 Å². The maximum Gasteiger partial charge on any atom is 0.262 e. The summed E-state index contributed by atoms with van der Waals surface area (Å²) in [5.74, 6) is 0.657. The van der Waals surface area contributed by atoms with Gasteiger partial charge >= 0.3 is 0 Å². The van der Waals surface area contributed by atoms with Crippen LogP contribution in [0.25, 0.3) is 10.2 Å². The molecule has 2 aromatic heterocycles. The zero-order valence-electron chi connectivity index (χ0n) is 17.6. The van der Waals surface area contributed by atoms with Crippen molar-refractivity contribution in [3.8, 4) is 0 Å². The predicted octanol–water partition coefficient (Wildman–Crippen LogP) is 4.48. The molecule has 4 rings (SSSR count). The lowest BCUT2D eigenvalue weighted by molar-refractivity contribution is -0.119. The van der Waals surface area contributed by atoms with Crippen LogP contribution in [0.15, 0.2) is 40.3 Å². The number of hydrogen-bond acceptors (Lipinski definition) is 5. The number of carbonyl (C=O) groups is 1. The molecular formula is C23H27N3O2S2. The summed E-state index contributed by atoms with van der Waals surface area (Å²) in [5, 5.41) is 4.55. The van der Waals surface area contributed by atoms with Gasteiger partial charge in [-0.2, -0.15) is 0 Å². The maximum absolute atomic E-state index is 12.9. The topological polar surface area (TPSA) is 64.0 Å². The average Bonchev–Trinajstić information content (AvgIpc) is 3.30. The Hall–Kier alpha value is -2.12. The second-order valence-corrected chi connectivity index (χ2v) is 10.3. The van der Waals surface area contributed by atoms with E-state index in [-0.39, 0.29) is 23.3 Å². The summed E-state index contributed by atoms with van der Waals surface area (Å²) in [4.78, 5) is 32.5. The van der Waals surface area contributed by atoms with Gasteiger partial charge in [-0.25, -0.2) is 4.98 Å². The first kappa shape index (κ1) is 21.1. The molecule has 1 aliphatic rings. The molecule has 158 valence electrons. The highest BCUT2D eigenvalue weighted by Crippen LogP contribution is 2.35. The van der Waals surface area contributed by atoms with E-state index in [0.29, 0.717) is 11.1 Å². The van der Waals surface area contributed by atoms with Crippen molar-refractivity contribution in [3.63, 3.8) is 0 Å². The number of rotatable bonds is 7. The molecule has 0 spiro atoms. The van der Waals surface area contributed by atoms with E-state index >= 15 is 0 Å². The smallest absolute Gasteiger partial charge is 0.262 e. The molecule has 0 saturated heterocycles. The fourth-order valence-electron chi connectivity index (χ4n) is 4.04. The van der Waals surface area contributed by atoms with Gasteiger partial charge in [-0.3, -0.25) is 14.2 Å². The zero-order chi connectivity index (χ0) is 21.3. The molecule has 7 heteroatoms. The fraction of sp³-hybridized carbons (Fsp3) is 0.435. The van der Waals surface area contributed by atoms with Gasteiger partial charge in [0.2, 0.25) is 5.91 Å². The van der Waals surface area contributed by atoms with E-state index in [4.69, 9.17) is 4.98 Å². The Balaban J connectivity index is 1.48. The Bertz CT molecular complexity index is 1120. The number of aromatic nitrogens is 2. The van der Waals surface area contributed by atoms with E-state index in [1.807, 2.05) is 18.2 Å². The lowest BCUT2D eigenvalue weighted by Crippen LogP contribution is -2.31. The van der Waals surface area contributed by atoms with Gasteiger partial charge in [-0.15, -0.1) is 11.3 Å². The van der Waals surface area contributed by atoms with Gasteiger partial charge in [-0.1, -0.05) is 55.9 Å². The molecule has 5 nitrogen and oxygen atoms in total. The van der Waals surface area contributed by atoms with Crippen molar-refractivity contribution in [1.29, 1.82) is 0 Å². The SMILES string of the molecule is CC(C)CC(NC(=O)CSc1nc2sc3c(c2c(=O)n1C)CCC3)c1ccccc1. The second-order valence-electron chi connectivity index (χ2n) is 8.25. The van der Waals surface area contributed by atoms with Crippen molar-refractivity contribution in [3.05, 3.63) is 56.7 Å². The number of nitrogens with one attached hydrogen (secondary N) is 1. The Morgan fingerprint density at radius 2 is 2.03 bits per heavy atom. The quantitative estimate of drug-likeness (QED) is 0.434. The fourth-order valence-corrected chi connectivity index (χ4v) is 6.12. The minimum absolute atomic E-state index is 0.00396. The molecule has 1 aliphatic carbocycles. The number of benzene rings is 1. The molecule has 3 aromatic rings. The number of fused-ring (bicyclic) bond motifs is 3. The third kappa shape index (κ3) is 4.32. The van der Waals surface area contributed by atoms with Gasteiger partial charge in [-0.05, 0) is 42.7 Å². The highest BCUT2D eigenvalue weighted by Gasteiger charge is 2.23. The van der Waals surface area contributed by atoms with E-state index in [1.165, 1.54) is 22.2 Å². The zero-order valence-corrected chi connectivity index (χ0v) is 19.2. The molecule has 1 unspecified atom stereocenters. The van der Waals surface area contributed by atoms with Gasteiger partial charge in [0.25, 0.3) is 5.56 Å². The molecule has 0 bridgehead atoms. The second kappa shape index (κ2) is 8.94. The van der Waals surface area contributed by atoms with E-state index < -0.39 is 0 Å². The summed E-state index contributed by atoms with van der Waals surface area (Å²) in [6.45, 7) is 4.31. The van der Waals surface area contributed by atoms with Gasteiger partial charge < -0.3 is 5.32 Å². The number of thiophene rings is 1. The first-order valence-electron chi connectivity index (χ1n) is 10.4. The van der Waals surface area contributed by atoms with Crippen LogP contribution in [-0.4, -0.2) is 21.2 Å². The minimum Gasteiger partial charge on any atom is -0.349 e. The molecule has 0 saturated carbocycles. The first-order chi connectivity index (χ1) is 14.4. The third-order valence-electron chi connectivity index (χ3n) is 5.48. The van der Waals surface area contributed by atoms with Crippen LogP contribution in [0.1, 0.15) is 48.7 Å². The largest absolute Gasteiger partial charge is 0.349 e. The highest BCUT2D eigenvalue weighted by molar-refractivity contribution is 7.99. The molecule has 30 heavy (non-hydrogen) atoms. The van der Waals surface area contributed by atoms with Crippen molar-refractivity contribution in [1.82, 2.24) is 14.9 Å². The first-order valence-corrected chi connectivity index (χ1v) is 12.2. The van der Waals surface area contributed by atoms with E-state index in [0.717, 1.165) is 41.5 Å². The normalized spacial score (nSPS) is 14.3. The molecule has 0 radical (unpaired) electrons. The van der Waals surface area contributed by atoms with Crippen LogP contribution in [0, 0.1) is 5.92 Å². The Morgan fingerprint density at radius 1 is 1.27 bits per heavy atom. The number of thioether (sulfide) groups is 1. The van der Waals surface area contributed by atoms with Crippen LogP contribution in [0.4, 0.5) is 0 Å². The highest BCUT2D eigenvalue weighted by atomic mass is 32.2. The molecule has 1 aromatic carbocycles. The number of carbonyl (C=O) groups excluding carboxylic acids is 1. The van der Waals surface area contributed by atoms with Crippen molar-refractivity contribution in [2.24, 2.45) is 13.0 Å². The summed E-state index contributed by atoms with van der Waals surface area (Å²) in [6, 6.07) is 10.1. The molecule has 0 aliphatic heterocycles. The molecule has 1 amide bonds. The Labute approximate surface area is 184 Å². The van der Waals surface area contributed by atoms with E-state index in [9.17, 15) is 9.59 Å². The average molecular weight is 442 g/mol.